The van der Waals surface area contributed by atoms with Gasteiger partial charge < -0.3 is 20.5 Å². The topological polar surface area (TPSA) is 94.3 Å². The minimum Gasteiger partial charge on any atom is -0.355 e. The summed E-state index contributed by atoms with van der Waals surface area (Å²) >= 11 is 0. The predicted molar refractivity (Wildman–Crippen MR) is 142 cm³/mol. The molecule has 0 saturated carbocycles. The van der Waals surface area contributed by atoms with Gasteiger partial charge in [0.05, 0.1) is 6.42 Å². The normalized spacial score (nSPS) is 15.1. The third-order valence-electron chi connectivity index (χ3n) is 6.48. The van der Waals surface area contributed by atoms with E-state index in [1.165, 1.54) is 6.92 Å². The van der Waals surface area contributed by atoms with Crippen molar-refractivity contribution in [3.05, 3.63) is 84.4 Å². The zero-order valence-corrected chi connectivity index (χ0v) is 20.1. The minimum absolute atomic E-state index is 0.0188. The van der Waals surface area contributed by atoms with Gasteiger partial charge in [-0.25, -0.2) is 0 Å². The van der Waals surface area contributed by atoms with Crippen molar-refractivity contribution in [1.82, 2.24) is 9.88 Å². The lowest BCUT2D eigenvalue weighted by molar-refractivity contribution is -0.136. The van der Waals surface area contributed by atoms with Crippen LogP contribution in [0.25, 0.3) is 22.2 Å². The Kier molecular flexibility index (Phi) is 6.54. The number of likely N-dealkylation sites (tertiary alicyclic amines) is 1. The maximum atomic E-state index is 13.0. The molecule has 7 nitrogen and oxygen atoms in total. The van der Waals surface area contributed by atoms with Crippen molar-refractivity contribution < 1.29 is 14.4 Å². The number of amides is 3. The molecule has 0 radical (unpaired) electrons. The molecule has 36 heavy (non-hydrogen) atoms. The van der Waals surface area contributed by atoms with E-state index in [1.807, 2.05) is 78.9 Å². The van der Waals surface area contributed by atoms with Gasteiger partial charge in [-0.2, -0.15) is 0 Å². The number of hydrogen-bond donors (Lipinski definition) is 3. The number of carbonyl (C=O) groups is 3. The molecule has 5 rings (SSSR count). The van der Waals surface area contributed by atoms with E-state index in [1.54, 1.807) is 4.90 Å². The number of aromatic amines is 1. The summed E-state index contributed by atoms with van der Waals surface area (Å²) < 4.78 is 0. The summed E-state index contributed by atoms with van der Waals surface area (Å²) in [6.45, 7) is 2.09. The molecule has 0 aliphatic carbocycles. The van der Waals surface area contributed by atoms with Gasteiger partial charge in [0.25, 0.3) is 0 Å². The average molecular weight is 481 g/mol. The number of rotatable bonds is 6. The molecule has 0 bridgehead atoms. The van der Waals surface area contributed by atoms with Crippen molar-refractivity contribution in [2.24, 2.45) is 0 Å². The van der Waals surface area contributed by atoms with Crippen LogP contribution in [0.4, 0.5) is 11.4 Å². The molecule has 1 fully saturated rings. The van der Waals surface area contributed by atoms with E-state index in [0.717, 1.165) is 39.8 Å². The van der Waals surface area contributed by atoms with Crippen LogP contribution in [0.5, 0.6) is 0 Å². The Morgan fingerprint density at radius 2 is 1.67 bits per heavy atom. The molecular weight excluding hydrogens is 452 g/mol. The first-order valence-electron chi connectivity index (χ1n) is 12.1. The van der Waals surface area contributed by atoms with Crippen molar-refractivity contribution in [2.75, 3.05) is 17.2 Å². The Balaban J connectivity index is 1.25. The van der Waals surface area contributed by atoms with E-state index in [-0.39, 0.29) is 17.7 Å². The highest BCUT2D eigenvalue weighted by Crippen LogP contribution is 2.28. The molecule has 3 aromatic carbocycles. The van der Waals surface area contributed by atoms with E-state index in [2.05, 4.69) is 15.6 Å². The van der Waals surface area contributed by atoms with E-state index in [9.17, 15) is 14.4 Å². The van der Waals surface area contributed by atoms with Gasteiger partial charge in [-0.1, -0.05) is 42.5 Å². The fraction of sp³-hybridized carbons (Fsp3) is 0.207. The second-order valence-corrected chi connectivity index (χ2v) is 9.14. The third kappa shape index (κ3) is 5.15. The van der Waals surface area contributed by atoms with Crippen LogP contribution < -0.4 is 10.6 Å². The van der Waals surface area contributed by atoms with Gasteiger partial charge in [-0.15, -0.1) is 0 Å². The van der Waals surface area contributed by atoms with Crippen LogP contribution in [0.1, 0.15) is 25.3 Å². The van der Waals surface area contributed by atoms with Crippen LogP contribution in [0.3, 0.4) is 0 Å². The number of aromatic nitrogens is 1. The number of carbonyl (C=O) groups excluding carboxylic acids is 3. The van der Waals surface area contributed by atoms with Crippen molar-refractivity contribution in [3.8, 4) is 11.3 Å². The van der Waals surface area contributed by atoms with Crippen molar-refractivity contribution >= 4 is 40.0 Å². The second-order valence-electron chi connectivity index (χ2n) is 9.14. The SMILES string of the molecule is CC(=O)Nc1ccc2[nH]c(-c3ccc(NC(=O)[C@@H]4CCCN4C(=O)Cc4ccccc4)cc3)cc2c1. The lowest BCUT2D eigenvalue weighted by atomic mass is 10.1. The molecule has 1 aliphatic heterocycles. The zero-order chi connectivity index (χ0) is 25.1. The standard InChI is InChI=1S/C29H28N4O3/c1-19(34)30-24-13-14-25-22(17-24)18-26(32-25)21-9-11-23(12-10-21)31-29(36)27-8-5-15-33(27)28(35)16-20-6-3-2-4-7-20/h2-4,6-7,9-14,17-18,27,32H,5,8,15-16H2,1H3,(H,30,34)(H,31,36)/t27-/m0/s1. The Labute approximate surface area is 209 Å². The van der Waals surface area contributed by atoms with E-state index in [0.29, 0.717) is 25.1 Å². The van der Waals surface area contributed by atoms with Gasteiger partial charge in [-0.05, 0) is 60.4 Å². The lowest BCUT2D eigenvalue weighted by Gasteiger charge is -2.24. The molecule has 182 valence electrons. The van der Waals surface area contributed by atoms with E-state index >= 15 is 0 Å². The molecule has 0 spiro atoms. The smallest absolute Gasteiger partial charge is 0.247 e. The average Bonchev–Trinajstić information content (AvgIpc) is 3.52. The molecular formula is C29H28N4O3. The highest BCUT2D eigenvalue weighted by atomic mass is 16.2. The largest absolute Gasteiger partial charge is 0.355 e. The predicted octanol–water partition coefficient (Wildman–Crippen LogP) is 4.97. The van der Waals surface area contributed by atoms with Crippen molar-refractivity contribution in [1.29, 1.82) is 0 Å². The van der Waals surface area contributed by atoms with Crippen LogP contribution in [-0.2, 0) is 20.8 Å². The Bertz CT molecular complexity index is 1410. The number of nitrogens with zero attached hydrogens (tertiary/aromatic N) is 1. The molecule has 4 aromatic rings. The highest BCUT2D eigenvalue weighted by molar-refractivity contribution is 5.98. The fourth-order valence-electron chi connectivity index (χ4n) is 4.74. The number of nitrogens with one attached hydrogen (secondary N) is 3. The molecule has 1 saturated heterocycles. The molecule has 1 aromatic heterocycles. The molecule has 2 heterocycles. The summed E-state index contributed by atoms with van der Waals surface area (Å²) in [5.41, 5.74) is 5.28. The van der Waals surface area contributed by atoms with Gasteiger partial charge in [0.1, 0.15) is 6.04 Å². The number of hydrogen-bond acceptors (Lipinski definition) is 3. The fourth-order valence-corrected chi connectivity index (χ4v) is 4.74. The Morgan fingerprint density at radius 1 is 0.917 bits per heavy atom. The van der Waals surface area contributed by atoms with Gasteiger partial charge in [0, 0.05) is 41.4 Å². The van der Waals surface area contributed by atoms with Crippen LogP contribution in [0.15, 0.2) is 78.9 Å². The number of anilines is 2. The van der Waals surface area contributed by atoms with Crippen LogP contribution in [-0.4, -0.2) is 40.2 Å². The molecule has 1 aliphatic rings. The van der Waals surface area contributed by atoms with Gasteiger partial charge in [0.15, 0.2) is 0 Å². The Morgan fingerprint density at radius 3 is 2.42 bits per heavy atom. The van der Waals surface area contributed by atoms with Crippen LogP contribution in [0, 0.1) is 0 Å². The molecule has 0 unspecified atom stereocenters. The van der Waals surface area contributed by atoms with Gasteiger partial charge >= 0.3 is 0 Å². The maximum Gasteiger partial charge on any atom is 0.247 e. The first-order chi connectivity index (χ1) is 17.5. The summed E-state index contributed by atoms with van der Waals surface area (Å²) in [6, 6.07) is 24.5. The van der Waals surface area contributed by atoms with E-state index in [4.69, 9.17) is 0 Å². The van der Waals surface area contributed by atoms with Crippen LogP contribution in [0.2, 0.25) is 0 Å². The summed E-state index contributed by atoms with van der Waals surface area (Å²) in [5.74, 6) is -0.281. The summed E-state index contributed by atoms with van der Waals surface area (Å²) in [6.07, 6.45) is 1.79. The van der Waals surface area contributed by atoms with Gasteiger partial charge in [-0.3, -0.25) is 14.4 Å². The molecule has 3 amide bonds. The van der Waals surface area contributed by atoms with Crippen LogP contribution >= 0.6 is 0 Å². The second kappa shape index (κ2) is 10.1. The van der Waals surface area contributed by atoms with Crippen molar-refractivity contribution in [3.63, 3.8) is 0 Å². The number of fused-ring (bicyclic) bond motifs is 1. The summed E-state index contributed by atoms with van der Waals surface area (Å²) in [5, 5.41) is 6.77. The molecule has 1 atom stereocenters. The monoisotopic (exact) mass is 480 g/mol. The first-order valence-corrected chi connectivity index (χ1v) is 12.1. The third-order valence-corrected chi connectivity index (χ3v) is 6.48. The molecule has 3 N–H and O–H groups in total. The van der Waals surface area contributed by atoms with Gasteiger partial charge in [0.2, 0.25) is 17.7 Å². The number of benzene rings is 3. The zero-order valence-electron chi connectivity index (χ0n) is 20.1. The lowest BCUT2D eigenvalue weighted by Crippen LogP contribution is -2.43. The maximum absolute atomic E-state index is 13.0. The molecule has 7 heteroatoms. The minimum atomic E-state index is -0.451. The number of H-pyrrole nitrogens is 1. The Hall–Kier alpha value is -4.39. The van der Waals surface area contributed by atoms with Crippen molar-refractivity contribution in [2.45, 2.75) is 32.2 Å². The summed E-state index contributed by atoms with van der Waals surface area (Å²) in [4.78, 5) is 42.3. The summed E-state index contributed by atoms with van der Waals surface area (Å²) in [7, 11) is 0. The quantitative estimate of drug-likeness (QED) is 0.364. The highest BCUT2D eigenvalue weighted by Gasteiger charge is 2.33. The first kappa shape index (κ1) is 23.4. The van der Waals surface area contributed by atoms with E-state index < -0.39 is 6.04 Å².